The highest BCUT2D eigenvalue weighted by molar-refractivity contribution is 5.95. The third-order valence-electron chi connectivity index (χ3n) is 2.00. The molecule has 1 aromatic rings. The molecule has 0 unspecified atom stereocenters. The lowest BCUT2D eigenvalue weighted by Gasteiger charge is -2.11. The van der Waals surface area contributed by atoms with Crippen molar-refractivity contribution in [1.29, 1.82) is 0 Å². The Hall–Kier alpha value is -1.42. The molecule has 1 rings (SSSR count). The zero-order valence-corrected chi connectivity index (χ0v) is 9.37. The Bertz CT molecular complexity index is 336. The van der Waals surface area contributed by atoms with Crippen LogP contribution in [-0.4, -0.2) is 16.9 Å². The molecule has 0 saturated carbocycles. The largest absolute Gasteiger partial charge is 0.287 e. The summed E-state index contributed by atoms with van der Waals surface area (Å²) in [4.78, 5) is 15.7. The predicted molar refractivity (Wildman–Crippen MR) is 59.4 cm³/mol. The van der Waals surface area contributed by atoms with Crippen LogP contribution >= 0.6 is 0 Å². The maximum absolute atomic E-state index is 11.7. The van der Waals surface area contributed by atoms with Crippen molar-refractivity contribution < 1.29 is 4.79 Å². The third kappa shape index (κ3) is 3.32. The summed E-state index contributed by atoms with van der Waals surface area (Å²) in [5.41, 5.74) is 7.17. The van der Waals surface area contributed by atoms with Crippen molar-refractivity contribution in [3.05, 3.63) is 29.6 Å². The maximum Gasteiger partial charge on any atom is 0.265 e. The lowest BCUT2D eigenvalue weighted by molar-refractivity contribution is 0.0926. The number of rotatable bonds is 4. The molecule has 2 N–H and O–H groups in total. The maximum atomic E-state index is 11.7. The molecule has 0 bridgehead atoms. The standard InChI is InChI=1S/C11H17N3O/c1-4-9-7-12-6-5-10(9)11(15)14-13-8(2)3/h5-8,13H,4H2,1-3H3,(H,14,15). The molecule has 4 heteroatoms. The first kappa shape index (κ1) is 11.7. The summed E-state index contributed by atoms with van der Waals surface area (Å²) in [6, 6.07) is 1.96. The minimum atomic E-state index is -0.108. The molecule has 0 radical (unpaired) electrons. The van der Waals surface area contributed by atoms with E-state index in [1.54, 1.807) is 18.5 Å². The summed E-state index contributed by atoms with van der Waals surface area (Å²) in [5.74, 6) is -0.108. The molecule has 0 aliphatic heterocycles. The van der Waals surface area contributed by atoms with E-state index >= 15 is 0 Å². The van der Waals surface area contributed by atoms with Crippen molar-refractivity contribution in [3.8, 4) is 0 Å². The number of hydrogen-bond donors (Lipinski definition) is 2. The predicted octanol–water partition coefficient (Wildman–Crippen LogP) is 1.29. The molecule has 0 atom stereocenters. The van der Waals surface area contributed by atoms with Crippen molar-refractivity contribution >= 4 is 5.91 Å². The van der Waals surface area contributed by atoms with E-state index in [-0.39, 0.29) is 11.9 Å². The molecule has 82 valence electrons. The number of amides is 1. The first-order valence-corrected chi connectivity index (χ1v) is 5.14. The number of nitrogens with one attached hydrogen (secondary N) is 2. The highest BCUT2D eigenvalue weighted by Crippen LogP contribution is 2.06. The van der Waals surface area contributed by atoms with E-state index in [0.29, 0.717) is 5.56 Å². The molecule has 0 spiro atoms. The monoisotopic (exact) mass is 207 g/mol. The summed E-state index contributed by atoms with van der Waals surface area (Å²) in [7, 11) is 0. The van der Waals surface area contributed by atoms with Crippen LogP contribution in [0.5, 0.6) is 0 Å². The highest BCUT2D eigenvalue weighted by Gasteiger charge is 2.09. The normalized spacial score (nSPS) is 10.4. The van der Waals surface area contributed by atoms with Gasteiger partial charge in [0.15, 0.2) is 0 Å². The second-order valence-electron chi connectivity index (χ2n) is 3.64. The number of carbonyl (C=O) groups is 1. The van der Waals surface area contributed by atoms with Crippen LogP contribution < -0.4 is 10.9 Å². The number of aromatic nitrogens is 1. The second-order valence-corrected chi connectivity index (χ2v) is 3.64. The average Bonchev–Trinajstić information content (AvgIpc) is 2.25. The molecule has 0 fully saturated rings. The van der Waals surface area contributed by atoms with Gasteiger partial charge in [0.05, 0.1) is 0 Å². The van der Waals surface area contributed by atoms with Gasteiger partial charge >= 0.3 is 0 Å². The Kier molecular flexibility index (Phi) is 4.24. The zero-order valence-electron chi connectivity index (χ0n) is 9.37. The minimum absolute atomic E-state index is 0.108. The van der Waals surface area contributed by atoms with Crippen LogP contribution in [0.15, 0.2) is 18.5 Å². The van der Waals surface area contributed by atoms with Crippen LogP contribution in [0.25, 0.3) is 0 Å². The quantitative estimate of drug-likeness (QED) is 0.731. The number of aryl methyl sites for hydroxylation is 1. The van der Waals surface area contributed by atoms with Crippen LogP contribution in [0, 0.1) is 0 Å². The number of pyridine rings is 1. The van der Waals surface area contributed by atoms with Crippen molar-refractivity contribution in [2.24, 2.45) is 0 Å². The molecule has 15 heavy (non-hydrogen) atoms. The van der Waals surface area contributed by atoms with E-state index in [1.807, 2.05) is 20.8 Å². The Morgan fingerprint density at radius 3 is 2.87 bits per heavy atom. The van der Waals surface area contributed by atoms with Crippen LogP contribution in [0.3, 0.4) is 0 Å². The molecule has 1 heterocycles. The first-order chi connectivity index (χ1) is 7.15. The van der Waals surface area contributed by atoms with Crippen LogP contribution in [0.2, 0.25) is 0 Å². The number of carbonyl (C=O) groups excluding carboxylic acids is 1. The minimum Gasteiger partial charge on any atom is -0.287 e. The molecule has 0 aliphatic carbocycles. The van der Waals surface area contributed by atoms with Crippen LogP contribution in [0.4, 0.5) is 0 Å². The number of hydrogen-bond acceptors (Lipinski definition) is 3. The van der Waals surface area contributed by atoms with Gasteiger partial charge in [0, 0.05) is 24.0 Å². The third-order valence-corrected chi connectivity index (χ3v) is 2.00. The van der Waals surface area contributed by atoms with E-state index < -0.39 is 0 Å². The lowest BCUT2D eigenvalue weighted by Crippen LogP contribution is -2.41. The zero-order chi connectivity index (χ0) is 11.3. The molecule has 0 saturated heterocycles. The fourth-order valence-electron chi connectivity index (χ4n) is 1.21. The summed E-state index contributed by atoms with van der Waals surface area (Å²) >= 11 is 0. The topological polar surface area (TPSA) is 54.0 Å². The Morgan fingerprint density at radius 1 is 1.53 bits per heavy atom. The Morgan fingerprint density at radius 2 is 2.27 bits per heavy atom. The Labute approximate surface area is 90.1 Å². The Balaban J connectivity index is 2.72. The van der Waals surface area contributed by atoms with E-state index in [2.05, 4.69) is 15.8 Å². The van der Waals surface area contributed by atoms with Crippen molar-refractivity contribution in [1.82, 2.24) is 15.8 Å². The van der Waals surface area contributed by atoms with Crippen molar-refractivity contribution in [2.45, 2.75) is 33.2 Å². The average molecular weight is 207 g/mol. The van der Waals surface area contributed by atoms with Gasteiger partial charge in [0.2, 0.25) is 0 Å². The van der Waals surface area contributed by atoms with Crippen molar-refractivity contribution in [2.75, 3.05) is 0 Å². The molecule has 4 nitrogen and oxygen atoms in total. The van der Waals surface area contributed by atoms with Gasteiger partial charge in [0.1, 0.15) is 0 Å². The SMILES string of the molecule is CCc1cnccc1C(=O)NNC(C)C. The number of nitrogens with zero attached hydrogens (tertiary/aromatic N) is 1. The van der Waals surface area contributed by atoms with Gasteiger partial charge in [-0.05, 0) is 31.9 Å². The number of hydrazine groups is 1. The lowest BCUT2D eigenvalue weighted by atomic mass is 10.1. The molecule has 0 aromatic carbocycles. The van der Waals surface area contributed by atoms with Crippen molar-refractivity contribution in [3.63, 3.8) is 0 Å². The van der Waals surface area contributed by atoms with Gasteiger partial charge < -0.3 is 0 Å². The van der Waals surface area contributed by atoms with E-state index in [0.717, 1.165) is 12.0 Å². The molecule has 1 aromatic heterocycles. The molecular weight excluding hydrogens is 190 g/mol. The first-order valence-electron chi connectivity index (χ1n) is 5.14. The fourth-order valence-corrected chi connectivity index (χ4v) is 1.21. The van der Waals surface area contributed by atoms with Crippen LogP contribution in [-0.2, 0) is 6.42 Å². The van der Waals surface area contributed by atoms with E-state index in [9.17, 15) is 4.79 Å². The van der Waals surface area contributed by atoms with Gasteiger partial charge in [0.25, 0.3) is 5.91 Å². The van der Waals surface area contributed by atoms with E-state index in [4.69, 9.17) is 0 Å². The smallest absolute Gasteiger partial charge is 0.265 e. The summed E-state index contributed by atoms with van der Waals surface area (Å²) in [6.07, 6.45) is 4.16. The van der Waals surface area contributed by atoms with Gasteiger partial charge in [-0.2, -0.15) is 0 Å². The fraction of sp³-hybridized carbons (Fsp3) is 0.455. The summed E-state index contributed by atoms with van der Waals surface area (Å²) in [5, 5.41) is 0. The summed E-state index contributed by atoms with van der Waals surface area (Å²) in [6.45, 7) is 5.94. The van der Waals surface area contributed by atoms with Gasteiger partial charge in [-0.1, -0.05) is 6.92 Å². The van der Waals surface area contributed by atoms with Gasteiger partial charge in [-0.3, -0.25) is 15.2 Å². The van der Waals surface area contributed by atoms with Gasteiger partial charge in [-0.15, -0.1) is 0 Å². The highest BCUT2D eigenvalue weighted by atomic mass is 16.2. The van der Waals surface area contributed by atoms with Crippen LogP contribution in [0.1, 0.15) is 36.7 Å². The molecular formula is C11H17N3O. The second kappa shape index (κ2) is 5.46. The summed E-state index contributed by atoms with van der Waals surface area (Å²) < 4.78 is 0. The molecule has 0 aliphatic rings. The van der Waals surface area contributed by atoms with E-state index in [1.165, 1.54) is 0 Å². The molecule has 1 amide bonds. The van der Waals surface area contributed by atoms with Gasteiger partial charge in [-0.25, -0.2) is 5.43 Å².